The summed E-state index contributed by atoms with van der Waals surface area (Å²) in [5.74, 6) is 1.04. The number of amides is 1. The highest BCUT2D eigenvalue weighted by atomic mass is 16.1. The van der Waals surface area contributed by atoms with Gasteiger partial charge in [-0.2, -0.15) is 5.10 Å². The Labute approximate surface area is 115 Å². The second-order valence-corrected chi connectivity index (χ2v) is 5.96. The average molecular weight is 263 g/mol. The first-order chi connectivity index (χ1) is 9.04. The molecule has 1 aromatic heterocycles. The van der Waals surface area contributed by atoms with E-state index < -0.39 is 0 Å². The SMILES string of the molecule is CCCc1c(C(=O)NCC(C)C)c(C2CC2)nn1C. The molecule has 4 nitrogen and oxygen atoms in total. The fourth-order valence-electron chi connectivity index (χ4n) is 2.38. The Kier molecular flexibility index (Phi) is 4.27. The molecule has 0 spiro atoms. The fourth-order valence-corrected chi connectivity index (χ4v) is 2.38. The second kappa shape index (κ2) is 5.76. The van der Waals surface area contributed by atoms with Gasteiger partial charge >= 0.3 is 0 Å². The topological polar surface area (TPSA) is 46.9 Å². The van der Waals surface area contributed by atoms with Crippen molar-refractivity contribution in [2.24, 2.45) is 13.0 Å². The zero-order valence-corrected chi connectivity index (χ0v) is 12.5. The molecule has 1 aliphatic rings. The summed E-state index contributed by atoms with van der Waals surface area (Å²) >= 11 is 0. The van der Waals surface area contributed by atoms with Crippen LogP contribution in [0.1, 0.15) is 67.7 Å². The van der Waals surface area contributed by atoms with Gasteiger partial charge in [-0.05, 0) is 25.2 Å². The molecule has 0 saturated heterocycles. The molecular weight excluding hydrogens is 238 g/mol. The van der Waals surface area contributed by atoms with Crippen molar-refractivity contribution in [2.45, 2.75) is 52.4 Å². The molecule has 0 atom stereocenters. The van der Waals surface area contributed by atoms with Crippen molar-refractivity contribution < 1.29 is 4.79 Å². The van der Waals surface area contributed by atoms with E-state index in [1.54, 1.807) is 0 Å². The molecule has 1 N–H and O–H groups in total. The fraction of sp³-hybridized carbons (Fsp3) is 0.733. The van der Waals surface area contributed by atoms with Gasteiger partial charge < -0.3 is 5.32 Å². The van der Waals surface area contributed by atoms with Crippen LogP contribution in [-0.2, 0) is 13.5 Å². The molecule has 0 unspecified atom stereocenters. The van der Waals surface area contributed by atoms with Gasteiger partial charge in [-0.25, -0.2) is 0 Å². The number of aromatic nitrogens is 2. The van der Waals surface area contributed by atoms with Crippen LogP contribution in [0.3, 0.4) is 0 Å². The molecule has 1 amide bonds. The Morgan fingerprint density at radius 2 is 2.16 bits per heavy atom. The predicted molar refractivity (Wildman–Crippen MR) is 76.3 cm³/mol. The zero-order chi connectivity index (χ0) is 14.0. The van der Waals surface area contributed by atoms with Crippen LogP contribution in [0.2, 0.25) is 0 Å². The Bertz CT molecular complexity index is 458. The van der Waals surface area contributed by atoms with Crippen LogP contribution < -0.4 is 5.32 Å². The number of nitrogens with zero attached hydrogens (tertiary/aromatic N) is 2. The van der Waals surface area contributed by atoms with Gasteiger partial charge in [0.1, 0.15) is 0 Å². The monoisotopic (exact) mass is 263 g/mol. The van der Waals surface area contributed by atoms with E-state index in [0.717, 1.165) is 36.3 Å². The quantitative estimate of drug-likeness (QED) is 0.857. The van der Waals surface area contributed by atoms with E-state index in [-0.39, 0.29) is 5.91 Å². The van der Waals surface area contributed by atoms with Gasteiger partial charge in [0.05, 0.1) is 17.0 Å². The molecule has 2 rings (SSSR count). The first-order valence-corrected chi connectivity index (χ1v) is 7.38. The minimum Gasteiger partial charge on any atom is -0.352 e. The lowest BCUT2D eigenvalue weighted by Crippen LogP contribution is -2.28. The van der Waals surface area contributed by atoms with Crippen molar-refractivity contribution in [3.8, 4) is 0 Å². The van der Waals surface area contributed by atoms with E-state index in [4.69, 9.17) is 0 Å². The number of carbonyl (C=O) groups excluding carboxylic acids is 1. The Morgan fingerprint density at radius 3 is 2.68 bits per heavy atom. The highest BCUT2D eigenvalue weighted by Crippen LogP contribution is 2.41. The van der Waals surface area contributed by atoms with Gasteiger partial charge in [0.2, 0.25) is 0 Å². The van der Waals surface area contributed by atoms with Gasteiger partial charge in [0, 0.05) is 19.5 Å². The lowest BCUT2D eigenvalue weighted by Gasteiger charge is -2.09. The summed E-state index contributed by atoms with van der Waals surface area (Å²) in [6, 6.07) is 0. The summed E-state index contributed by atoms with van der Waals surface area (Å²) in [5.41, 5.74) is 2.96. The molecule has 1 heterocycles. The van der Waals surface area contributed by atoms with Crippen LogP contribution in [0.5, 0.6) is 0 Å². The van der Waals surface area contributed by atoms with Gasteiger partial charge in [0.25, 0.3) is 5.91 Å². The predicted octanol–water partition coefficient (Wildman–Crippen LogP) is 2.64. The van der Waals surface area contributed by atoms with Crippen LogP contribution in [-0.4, -0.2) is 22.2 Å². The van der Waals surface area contributed by atoms with Crippen molar-refractivity contribution in [3.63, 3.8) is 0 Å². The standard InChI is InChI=1S/C15H25N3O/c1-5-6-12-13(15(19)16-9-10(2)3)14(11-7-8-11)17-18(12)4/h10-11H,5-9H2,1-4H3,(H,16,19). The van der Waals surface area contributed by atoms with E-state index >= 15 is 0 Å². The molecule has 0 aromatic carbocycles. The minimum atomic E-state index is 0.0622. The maximum absolute atomic E-state index is 12.4. The molecule has 1 saturated carbocycles. The molecule has 1 aromatic rings. The maximum Gasteiger partial charge on any atom is 0.255 e. The van der Waals surface area contributed by atoms with E-state index in [2.05, 4.69) is 31.2 Å². The van der Waals surface area contributed by atoms with Crippen molar-refractivity contribution >= 4 is 5.91 Å². The summed E-state index contributed by atoms with van der Waals surface area (Å²) in [4.78, 5) is 12.4. The van der Waals surface area contributed by atoms with Crippen LogP contribution >= 0.6 is 0 Å². The average Bonchev–Trinajstić information content (AvgIpc) is 3.14. The minimum absolute atomic E-state index is 0.0622. The highest BCUT2D eigenvalue weighted by molar-refractivity contribution is 5.96. The highest BCUT2D eigenvalue weighted by Gasteiger charge is 2.33. The first kappa shape index (κ1) is 14.1. The van der Waals surface area contributed by atoms with Gasteiger partial charge in [-0.1, -0.05) is 27.2 Å². The number of nitrogens with one attached hydrogen (secondary N) is 1. The number of hydrogen-bond acceptors (Lipinski definition) is 2. The molecule has 0 bridgehead atoms. The summed E-state index contributed by atoms with van der Waals surface area (Å²) in [6.45, 7) is 7.08. The summed E-state index contributed by atoms with van der Waals surface area (Å²) < 4.78 is 1.90. The second-order valence-electron chi connectivity index (χ2n) is 5.96. The first-order valence-electron chi connectivity index (χ1n) is 7.38. The lowest BCUT2D eigenvalue weighted by atomic mass is 10.1. The zero-order valence-electron chi connectivity index (χ0n) is 12.5. The van der Waals surface area contributed by atoms with Crippen LogP contribution in [0, 0.1) is 5.92 Å². The maximum atomic E-state index is 12.4. The van der Waals surface area contributed by atoms with E-state index in [1.807, 2.05) is 11.7 Å². The third kappa shape index (κ3) is 3.17. The molecule has 19 heavy (non-hydrogen) atoms. The Hall–Kier alpha value is -1.32. The third-order valence-corrected chi connectivity index (χ3v) is 3.54. The van der Waals surface area contributed by atoms with Gasteiger partial charge in [-0.3, -0.25) is 9.48 Å². The Balaban J connectivity index is 2.26. The molecule has 106 valence electrons. The van der Waals surface area contributed by atoms with Crippen molar-refractivity contribution in [1.82, 2.24) is 15.1 Å². The smallest absolute Gasteiger partial charge is 0.255 e. The summed E-state index contributed by atoms with van der Waals surface area (Å²) in [6.07, 6.45) is 4.30. The number of rotatable bonds is 6. The number of aryl methyl sites for hydroxylation is 1. The van der Waals surface area contributed by atoms with E-state index in [1.165, 1.54) is 12.8 Å². The van der Waals surface area contributed by atoms with Gasteiger partial charge in [0.15, 0.2) is 0 Å². The van der Waals surface area contributed by atoms with Crippen molar-refractivity contribution in [1.29, 1.82) is 0 Å². The number of hydrogen-bond donors (Lipinski definition) is 1. The Morgan fingerprint density at radius 1 is 1.47 bits per heavy atom. The summed E-state index contributed by atoms with van der Waals surface area (Å²) in [7, 11) is 1.95. The molecular formula is C15H25N3O. The lowest BCUT2D eigenvalue weighted by molar-refractivity contribution is 0.0947. The van der Waals surface area contributed by atoms with E-state index in [9.17, 15) is 4.79 Å². The normalized spacial score (nSPS) is 15.0. The van der Waals surface area contributed by atoms with Crippen LogP contribution in [0.15, 0.2) is 0 Å². The van der Waals surface area contributed by atoms with Crippen LogP contribution in [0.25, 0.3) is 0 Å². The van der Waals surface area contributed by atoms with E-state index in [0.29, 0.717) is 11.8 Å². The molecule has 1 aliphatic carbocycles. The molecule has 0 aliphatic heterocycles. The largest absolute Gasteiger partial charge is 0.352 e. The third-order valence-electron chi connectivity index (χ3n) is 3.54. The summed E-state index contributed by atoms with van der Waals surface area (Å²) in [5, 5.41) is 7.64. The van der Waals surface area contributed by atoms with Crippen LogP contribution in [0.4, 0.5) is 0 Å². The number of carbonyl (C=O) groups is 1. The molecule has 4 heteroatoms. The van der Waals surface area contributed by atoms with Gasteiger partial charge in [-0.15, -0.1) is 0 Å². The molecule has 1 fully saturated rings. The van der Waals surface area contributed by atoms with Crippen molar-refractivity contribution in [2.75, 3.05) is 6.54 Å². The van der Waals surface area contributed by atoms with Crippen molar-refractivity contribution in [3.05, 3.63) is 17.0 Å². The molecule has 0 radical (unpaired) electrons.